The van der Waals surface area contributed by atoms with Gasteiger partial charge in [-0.1, -0.05) is 130 Å². The number of nitrogens with zero attached hydrogens (tertiary/aromatic N) is 1. The highest BCUT2D eigenvalue weighted by molar-refractivity contribution is 5.85. The van der Waals surface area contributed by atoms with Gasteiger partial charge in [0, 0.05) is 23.0 Å². The predicted molar refractivity (Wildman–Crippen MR) is 175 cm³/mol. The summed E-state index contributed by atoms with van der Waals surface area (Å²) in [5.74, 6) is 0. The minimum absolute atomic E-state index is 0.0101. The summed E-state index contributed by atoms with van der Waals surface area (Å²) >= 11 is 0. The highest BCUT2D eigenvalue weighted by Crippen LogP contribution is 2.51. The number of fused-ring (bicyclic) bond motifs is 2. The van der Waals surface area contributed by atoms with E-state index in [1.807, 2.05) is 30.4 Å². The Hall–Kier alpha value is -4.62. The quantitative estimate of drug-likeness (QED) is 0.254. The molecule has 0 aliphatic heterocycles. The van der Waals surface area contributed by atoms with E-state index in [0.717, 1.165) is 29.8 Å². The first-order chi connectivity index (χ1) is 19.5. The molecular formula is C39H37N. The molecular weight excluding hydrogens is 482 g/mol. The molecule has 2 aliphatic rings. The third-order valence-corrected chi connectivity index (χ3v) is 7.78. The molecule has 198 valence electrons. The van der Waals surface area contributed by atoms with Crippen molar-refractivity contribution in [3.63, 3.8) is 0 Å². The largest absolute Gasteiger partial charge is 0.317 e. The summed E-state index contributed by atoms with van der Waals surface area (Å²) in [6, 6.07) is 26.3. The number of benzene rings is 3. The molecule has 0 heterocycles. The Labute approximate surface area is 239 Å². The maximum absolute atomic E-state index is 3.98. The summed E-state index contributed by atoms with van der Waals surface area (Å²) in [4.78, 5) is 2.27. The summed E-state index contributed by atoms with van der Waals surface area (Å²) in [5, 5.41) is 0. The molecule has 1 nitrogen and oxygen atoms in total. The topological polar surface area (TPSA) is 3.24 Å². The van der Waals surface area contributed by atoms with Crippen LogP contribution in [0.15, 0.2) is 164 Å². The molecule has 40 heavy (non-hydrogen) atoms. The van der Waals surface area contributed by atoms with Crippen LogP contribution in [0, 0.1) is 0 Å². The fourth-order valence-corrected chi connectivity index (χ4v) is 5.64. The van der Waals surface area contributed by atoms with Crippen LogP contribution in [-0.2, 0) is 5.41 Å². The highest BCUT2D eigenvalue weighted by Gasteiger charge is 2.37. The van der Waals surface area contributed by atoms with Crippen LogP contribution in [0.1, 0.15) is 37.8 Å². The molecule has 0 bridgehead atoms. The van der Waals surface area contributed by atoms with Gasteiger partial charge in [0.1, 0.15) is 0 Å². The van der Waals surface area contributed by atoms with Gasteiger partial charge in [0.15, 0.2) is 0 Å². The molecule has 3 aromatic carbocycles. The second-order valence-electron chi connectivity index (χ2n) is 10.7. The maximum atomic E-state index is 3.98. The second kappa shape index (κ2) is 12.1. The zero-order valence-electron chi connectivity index (χ0n) is 23.6. The van der Waals surface area contributed by atoms with Gasteiger partial charge in [-0.15, -0.1) is 0 Å². The summed E-state index contributed by atoms with van der Waals surface area (Å²) in [6.07, 6.45) is 24.8. The van der Waals surface area contributed by atoms with Crippen molar-refractivity contribution in [2.75, 3.05) is 4.90 Å². The van der Waals surface area contributed by atoms with E-state index in [4.69, 9.17) is 0 Å². The Morgan fingerprint density at radius 2 is 1.57 bits per heavy atom. The van der Waals surface area contributed by atoms with Gasteiger partial charge in [-0.2, -0.15) is 0 Å². The van der Waals surface area contributed by atoms with Crippen LogP contribution in [0.2, 0.25) is 0 Å². The van der Waals surface area contributed by atoms with Crippen molar-refractivity contribution >= 4 is 16.9 Å². The Morgan fingerprint density at radius 3 is 2.33 bits per heavy atom. The van der Waals surface area contributed by atoms with E-state index in [9.17, 15) is 0 Å². The van der Waals surface area contributed by atoms with Crippen molar-refractivity contribution in [2.45, 2.75) is 32.1 Å². The highest BCUT2D eigenvalue weighted by atomic mass is 15.1. The van der Waals surface area contributed by atoms with Gasteiger partial charge < -0.3 is 4.90 Å². The fraction of sp³-hybridized carbons (Fsp3) is 0.128. The Kier molecular flexibility index (Phi) is 8.12. The van der Waals surface area contributed by atoms with Crippen LogP contribution >= 0.6 is 0 Å². The second-order valence-corrected chi connectivity index (χ2v) is 10.7. The fourth-order valence-electron chi connectivity index (χ4n) is 5.64. The van der Waals surface area contributed by atoms with Gasteiger partial charge in [-0.25, -0.2) is 0 Å². The molecule has 5 rings (SSSR count). The van der Waals surface area contributed by atoms with E-state index in [2.05, 4.69) is 135 Å². The monoisotopic (exact) mass is 519 g/mol. The lowest BCUT2D eigenvalue weighted by molar-refractivity contribution is 0.651. The maximum Gasteiger partial charge on any atom is 0.0458 e. The van der Waals surface area contributed by atoms with E-state index < -0.39 is 0 Å². The van der Waals surface area contributed by atoms with Crippen molar-refractivity contribution in [3.05, 3.63) is 175 Å². The SMILES string of the molecule is C=C\C=C/C=C/C(C=C)=C/C=C/N(c1ccc(-c2ccccc2)cc1)c1ccc2c(c1)C(C)(C)C1=C2CCC=C1. The first-order valence-electron chi connectivity index (χ1n) is 14.0. The molecule has 0 N–H and O–H groups in total. The van der Waals surface area contributed by atoms with Crippen molar-refractivity contribution in [2.24, 2.45) is 0 Å². The first-order valence-corrected chi connectivity index (χ1v) is 14.0. The van der Waals surface area contributed by atoms with Crippen LogP contribution in [0.3, 0.4) is 0 Å². The van der Waals surface area contributed by atoms with Crippen LogP contribution in [0.4, 0.5) is 11.4 Å². The molecule has 0 unspecified atom stereocenters. The smallest absolute Gasteiger partial charge is 0.0458 e. The molecule has 0 radical (unpaired) electrons. The number of hydrogen-bond acceptors (Lipinski definition) is 1. The van der Waals surface area contributed by atoms with E-state index in [1.54, 1.807) is 6.08 Å². The minimum atomic E-state index is -0.0101. The zero-order valence-corrected chi connectivity index (χ0v) is 23.6. The number of hydrogen-bond donors (Lipinski definition) is 0. The average molecular weight is 520 g/mol. The molecule has 0 spiro atoms. The molecule has 0 saturated heterocycles. The van der Waals surface area contributed by atoms with Crippen LogP contribution in [-0.4, -0.2) is 0 Å². The molecule has 0 fully saturated rings. The van der Waals surface area contributed by atoms with E-state index in [1.165, 1.54) is 33.4 Å². The summed E-state index contributed by atoms with van der Waals surface area (Å²) in [5.41, 5.74) is 11.5. The average Bonchev–Trinajstić information content (AvgIpc) is 3.23. The standard InChI is InChI=1S/C39H37N/c1-5-7-8-10-16-30(6-2)17-15-28-40(33-24-22-32(23-25-33)31-18-11-9-12-19-31)34-26-27-36-35-20-13-14-21-37(35)39(3,4)38(36)29-34/h5-12,14-19,21-29H,1-2,13,20H2,3-4H3/b8-7-,16-10+,28-15+,30-17+. The predicted octanol–water partition coefficient (Wildman–Crippen LogP) is 10.8. The number of allylic oxidation sites excluding steroid dienone is 13. The van der Waals surface area contributed by atoms with E-state index in [0.29, 0.717) is 0 Å². The van der Waals surface area contributed by atoms with Gasteiger partial charge in [-0.05, 0) is 82.2 Å². The van der Waals surface area contributed by atoms with Gasteiger partial charge in [-0.3, -0.25) is 0 Å². The molecule has 3 aromatic rings. The number of anilines is 2. The van der Waals surface area contributed by atoms with Crippen LogP contribution in [0.25, 0.3) is 16.7 Å². The van der Waals surface area contributed by atoms with Crippen LogP contribution in [0.5, 0.6) is 0 Å². The van der Waals surface area contributed by atoms with Gasteiger partial charge in [0.2, 0.25) is 0 Å². The molecule has 0 aromatic heterocycles. The van der Waals surface area contributed by atoms with E-state index in [-0.39, 0.29) is 5.41 Å². The normalized spacial score (nSPS) is 16.1. The minimum Gasteiger partial charge on any atom is -0.317 e. The van der Waals surface area contributed by atoms with Crippen LogP contribution < -0.4 is 4.90 Å². The summed E-state index contributed by atoms with van der Waals surface area (Å²) < 4.78 is 0. The molecule has 0 amide bonds. The third kappa shape index (κ3) is 5.55. The van der Waals surface area contributed by atoms with Crippen molar-refractivity contribution < 1.29 is 0 Å². The Morgan fingerprint density at radius 1 is 0.825 bits per heavy atom. The Balaban J connectivity index is 1.52. The third-order valence-electron chi connectivity index (χ3n) is 7.78. The summed E-state index contributed by atoms with van der Waals surface area (Å²) in [7, 11) is 0. The first kappa shape index (κ1) is 27.0. The van der Waals surface area contributed by atoms with E-state index >= 15 is 0 Å². The molecule has 0 saturated carbocycles. The molecule has 2 aliphatic carbocycles. The van der Waals surface area contributed by atoms with Gasteiger partial charge in [0.05, 0.1) is 0 Å². The molecule has 0 atom stereocenters. The van der Waals surface area contributed by atoms with Gasteiger partial charge >= 0.3 is 0 Å². The lowest BCUT2D eigenvalue weighted by Gasteiger charge is -2.26. The molecule has 1 heteroatoms. The number of rotatable bonds is 9. The lowest BCUT2D eigenvalue weighted by atomic mass is 9.80. The van der Waals surface area contributed by atoms with Crippen molar-refractivity contribution in [1.82, 2.24) is 0 Å². The Bertz CT molecular complexity index is 1570. The summed E-state index contributed by atoms with van der Waals surface area (Å²) in [6.45, 7) is 12.4. The van der Waals surface area contributed by atoms with Crippen molar-refractivity contribution in [1.29, 1.82) is 0 Å². The zero-order chi connectivity index (χ0) is 28.0. The van der Waals surface area contributed by atoms with Crippen molar-refractivity contribution in [3.8, 4) is 11.1 Å². The van der Waals surface area contributed by atoms with Gasteiger partial charge in [0.25, 0.3) is 0 Å². The lowest BCUT2D eigenvalue weighted by Crippen LogP contribution is -2.17.